The molecule has 0 fully saturated rings. The fourth-order valence-corrected chi connectivity index (χ4v) is 1.94. The van der Waals surface area contributed by atoms with Crippen LogP contribution >= 0.6 is 0 Å². The molecule has 5 nitrogen and oxygen atoms in total. The van der Waals surface area contributed by atoms with Gasteiger partial charge in [-0.05, 0) is 18.6 Å². The Kier molecular flexibility index (Phi) is 3.78. The number of hydrogen-bond donors (Lipinski definition) is 2. The second-order valence-corrected chi connectivity index (χ2v) is 4.79. The van der Waals surface area contributed by atoms with Gasteiger partial charge in [0.15, 0.2) is 0 Å². The molecule has 1 rings (SSSR count). The second-order valence-electron chi connectivity index (χ2n) is 3.26. The molecule has 3 N–H and O–H groups in total. The molecule has 1 heterocycles. The van der Waals surface area contributed by atoms with Crippen molar-refractivity contribution in [3.05, 3.63) is 24.0 Å². The Hall–Kier alpha value is -0.980. The molecular formula is C9H14N2O3S. The highest BCUT2D eigenvalue weighted by molar-refractivity contribution is 7.89. The molecule has 6 heteroatoms. The molecule has 15 heavy (non-hydrogen) atoms. The van der Waals surface area contributed by atoms with Crippen molar-refractivity contribution in [1.29, 1.82) is 0 Å². The van der Waals surface area contributed by atoms with E-state index < -0.39 is 16.1 Å². The van der Waals surface area contributed by atoms with E-state index in [2.05, 4.69) is 4.98 Å². The largest absolute Gasteiger partial charge is 0.393 e. The minimum Gasteiger partial charge on any atom is -0.393 e. The normalized spacial score (nSPS) is 13.8. The first-order chi connectivity index (χ1) is 6.95. The first-order valence-electron chi connectivity index (χ1n) is 4.60. The molecule has 0 saturated heterocycles. The standard InChI is InChI=1S/C9H14N2O3S/c1-2-7(12)6-8-9(15(10,13)14)4-3-5-11-8/h3-5,7,12H,2,6H2,1H3,(H2,10,13,14)/t7-/m1/s1. The fourth-order valence-electron chi connectivity index (χ4n) is 1.20. The number of pyridine rings is 1. The average molecular weight is 230 g/mol. The third-order valence-electron chi connectivity index (χ3n) is 2.06. The van der Waals surface area contributed by atoms with E-state index in [1.165, 1.54) is 18.3 Å². The van der Waals surface area contributed by atoms with Crippen LogP contribution in [0.3, 0.4) is 0 Å². The molecule has 0 unspecified atom stereocenters. The number of primary sulfonamides is 1. The number of sulfonamides is 1. The van der Waals surface area contributed by atoms with Crippen LogP contribution in [-0.2, 0) is 16.4 Å². The summed E-state index contributed by atoms with van der Waals surface area (Å²) in [6.45, 7) is 1.81. The summed E-state index contributed by atoms with van der Waals surface area (Å²) in [7, 11) is -3.76. The van der Waals surface area contributed by atoms with Crippen molar-refractivity contribution in [2.45, 2.75) is 30.8 Å². The lowest BCUT2D eigenvalue weighted by Gasteiger charge is -2.09. The van der Waals surface area contributed by atoms with Crippen LogP contribution in [0.1, 0.15) is 19.0 Å². The van der Waals surface area contributed by atoms with Gasteiger partial charge < -0.3 is 5.11 Å². The Balaban J connectivity index is 3.08. The summed E-state index contributed by atoms with van der Waals surface area (Å²) >= 11 is 0. The van der Waals surface area contributed by atoms with Gasteiger partial charge in [0.25, 0.3) is 0 Å². The Morgan fingerprint density at radius 1 is 1.60 bits per heavy atom. The van der Waals surface area contributed by atoms with Gasteiger partial charge in [0.1, 0.15) is 4.90 Å². The van der Waals surface area contributed by atoms with E-state index in [9.17, 15) is 13.5 Å². The smallest absolute Gasteiger partial charge is 0.239 e. The number of rotatable bonds is 4. The molecule has 0 bridgehead atoms. The molecule has 0 amide bonds. The highest BCUT2D eigenvalue weighted by atomic mass is 32.2. The van der Waals surface area contributed by atoms with Crippen molar-refractivity contribution >= 4 is 10.0 Å². The zero-order valence-corrected chi connectivity index (χ0v) is 9.24. The van der Waals surface area contributed by atoms with Gasteiger partial charge in [0.2, 0.25) is 10.0 Å². The van der Waals surface area contributed by atoms with E-state index in [1.807, 2.05) is 6.92 Å². The van der Waals surface area contributed by atoms with E-state index in [0.29, 0.717) is 12.1 Å². The second kappa shape index (κ2) is 4.69. The molecule has 1 aromatic rings. The monoisotopic (exact) mass is 230 g/mol. The summed E-state index contributed by atoms with van der Waals surface area (Å²) in [5, 5.41) is 14.5. The lowest BCUT2D eigenvalue weighted by Crippen LogP contribution is -2.18. The molecule has 1 aromatic heterocycles. The molecule has 0 spiro atoms. The summed E-state index contributed by atoms with van der Waals surface area (Å²) in [5.41, 5.74) is 0.314. The highest BCUT2D eigenvalue weighted by Gasteiger charge is 2.16. The quantitative estimate of drug-likeness (QED) is 0.763. The van der Waals surface area contributed by atoms with Gasteiger partial charge in [-0.3, -0.25) is 4.98 Å². The van der Waals surface area contributed by atoms with Gasteiger partial charge in [-0.25, -0.2) is 13.6 Å². The van der Waals surface area contributed by atoms with Crippen molar-refractivity contribution < 1.29 is 13.5 Å². The number of nitrogens with two attached hydrogens (primary N) is 1. The summed E-state index contributed by atoms with van der Waals surface area (Å²) < 4.78 is 22.4. The Morgan fingerprint density at radius 3 is 2.80 bits per heavy atom. The minimum atomic E-state index is -3.76. The molecule has 0 aliphatic rings. The average Bonchev–Trinajstić information content (AvgIpc) is 2.17. The molecule has 0 saturated carbocycles. The molecule has 0 aromatic carbocycles. The molecule has 1 atom stereocenters. The van der Waals surface area contributed by atoms with Crippen molar-refractivity contribution in [1.82, 2.24) is 4.98 Å². The number of aliphatic hydroxyl groups is 1. The van der Waals surface area contributed by atoms with Crippen molar-refractivity contribution in [3.63, 3.8) is 0 Å². The van der Waals surface area contributed by atoms with Crippen LogP contribution in [0.15, 0.2) is 23.2 Å². The Bertz CT molecular complexity index is 431. The first-order valence-corrected chi connectivity index (χ1v) is 6.14. The van der Waals surface area contributed by atoms with Gasteiger partial charge in [0.05, 0.1) is 11.8 Å². The first kappa shape index (κ1) is 12.1. The molecular weight excluding hydrogens is 216 g/mol. The maximum atomic E-state index is 11.2. The number of aromatic nitrogens is 1. The van der Waals surface area contributed by atoms with E-state index in [0.717, 1.165) is 0 Å². The number of hydrogen-bond acceptors (Lipinski definition) is 4. The maximum absolute atomic E-state index is 11.2. The number of aliphatic hydroxyl groups excluding tert-OH is 1. The summed E-state index contributed by atoms with van der Waals surface area (Å²) in [4.78, 5) is 3.90. The van der Waals surface area contributed by atoms with E-state index >= 15 is 0 Å². The van der Waals surface area contributed by atoms with Crippen LogP contribution in [0, 0.1) is 0 Å². The maximum Gasteiger partial charge on any atom is 0.239 e. The molecule has 0 aliphatic heterocycles. The van der Waals surface area contributed by atoms with E-state index in [1.54, 1.807) is 0 Å². The van der Waals surface area contributed by atoms with Gasteiger partial charge in [0, 0.05) is 12.6 Å². The van der Waals surface area contributed by atoms with Crippen LogP contribution in [0.5, 0.6) is 0 Å². The zero-order valence-electron chi connectivity index (χ0n) is 8.42. The van der Waals surface area contributed by atoms with E-state index in [4.69, 9.17) is 5.14 Å². The zero-order chi connectivity index (χ0) is 11.5. The molecule has 84 valence electrons. The summed E-state index contributed by atoms with van der Waals surface area (Å²) in [6.07, 6.45) is 1.62. The van der Waals surface area contributed by atoms with Gasteiger partial charge in [-0.15, -0.1) is 0 Å². The third kappa shape index (κ3) is 3.26. The van der Waals surface area contributed by atoms with Gasteiger partial charge in [-0.1, -0.05) is 6.92 Å². The van der Waals surface area contributed by atoms with Crippen molar-refractivity contribution in [2.24, 2.45) is 5.14 Å². The minimum absolute atomic E-state index is 0.0162. The lowest BCUT2D eigenvalue weighted by molar-refractivity contribution is 0.169. The summed E-state index contributed by atoms with van der Waals surface area (Å²) in [5.74, 6) is 0. The van der Waals surface area contributed by atoms with Gasteiger partial charge >= 0.3 is 0 Å². The van der Waals surface area contributed by atoms with Gasteiger partial charge in [-0.2, -0.15) is 0 Å². The van der Waals surface area contributed by atoms with Crippen LogP contribution in [0.2, 0.25) is 0 Å². The Morgan fingerprint density at radius 2 is 2.27 bits per heavy atom. The fraction of sp³-hybridized carbons (Fsp3) is 0.444. The van der Waals surface area contributed by atoms with Crippen molar-refractivity contribution in [3.8, 4) is 0 Å². The van der Waals surface area contributed by atoms with Crippen LogP contribution in [0.25, 0.3) is 0 Å². The van der Waals surface area contributed by atoms with Crippen LogP contribution in [-0.4, -0.2) is 24.6 Å². The van der Waals surface area contributed by atoms with Crippen LogP contribution in [0.4, 0.5) is 0 Å². The van der Waals surface area contributed by atoms with Crippen molar-refractivity contribution in [2.75, 3.05) is 0 Å². The lowest BCUT2D eigenvalue weighted by atomic mass is 10.1. The SMILES string of the molecule is CC[C@@H](O)Cc1ncccc1S(N)(=O)=O. The molecule has 0 radical (unpaired) electrons. The summed E-state index contributed by atoms with van der Waals surface area (Å²) in [6, 6.07) is 2.89. The predicted molar refractivity (Wildman–Crippen MR) is 55.6 cm³/mol. The third-order valence-corrected chi connectivity index (χ3v) is 3.04. The van der Waals surface area contributed by atoms with E-state index in [-0.39, 0.29) is 11.3 Å². The highest BCUT2D eigenvalue weighted by Crippen LogP contribution is 2.13. The predicted octanol–water partition coefficient (Wildman–Crippen LogP) is 0.0424. The topological polar surface area (TPSA) is 93.3 Å². The van der Waals surface area contributed by atoms with Crippen LogP contribution < -0.4 is 5.14 Å². The number of nitrogens with zero attached hydrogens (tertiary/aromatic N) is 1. The Labute approximate surface area is 89.0 Å². The molecule has 0 aliphatic carbocycles.